The van der Waals surface area contributed by atoms with Gasteiger partial charge in [0.05, 0.1) is 13.7 Å². The Bertz CT molecular complexity index is 1030. The topological polar surface area (TPSA) is 105 Å². The second-order valence-corrected chi connectivity index (χ2v) is 10.0. The number of hydrogen-bond acceptors (Lipinski definition) is 10. The van der Waals surface area contributed by atoms with Gasteiger partial charge in [-0.3, -0.25) is 0 Å². The summed E-state index contributed by atoms with van der Waals surface area (Å²) in [4.78, 5) is 31.4. The van der Waals surface area contributed by atoms with Gasteiger partial charge in [-0.1, -0.05) is 25.7 Å². The van der Waals surface area contributed by atoms with Crippen LogP contribution in [0.1, 0.15) is 68.6 Å². The van der Waals surface area contributed by atoms with E-state index in [9.17, 15) is 4.79 Å². The van der Waals surface area contributed by atoms with Crippen LogP contribution in [0.25, 0.3) is 0 Å². The Hall–Kier alpha value is -3.14. The maximum Gasteiger partial charge on any atom is 0.341 e. The van der Waals surface area contributed by atoms with Crippen LogP contribution in [0.5, 0.6) is 5.75 Å². The number of esters is 1. The third-order valence-electron chi connectivity index (χ3n) is 7.31. The molecule has 1 aliphatic carbocycles. The normalized spacial score (nSPS) is 17.6. The number of anilines is 4. The summed E-state index contributed by atoms with van der Waals surface area (Å²) in [6, 6.07) is 6.01. The van der Waals surface area contributed by atoms with Crippen LogP contribution < -0.4 is 20.3 Å². The van der Waals surface area contributed by atoms with Crippen molar-refractivity contribution in [2.24, 2.45) is 0 Å². The zero-order valence-electron chi connectivity index (χ0n) is 22.6. The molecule has 1 saturated carbocycles. The smallest absolute Gasteiger partial charge is 0.341 e. The van der Waals surface area contributed by atoms with Crippen LogP contribution in [-0.4, -0.2) is 78.8 Å². The molecule has 1 aliphatic heterocycles. The molecule has 0 radical (unpaired) electrons. The SMILES string of the molecule is CCOC(=O)c1cc(Nc2nc(NC3CCCCCC3)nc(N(C)C3CCN(C)CC3)n2)ccc1OC. The number of nitrogens with zero attached hydrogens (tertiary/aromatic N) is 5. The fourth-order valence-corrected chi connectivity index (χ4v) is 5.08. The number of methoxy groups -OCH3 is 1. The van der Waals surface area contributed by atoms with Gasteiger partial charge >= 0.3 is 5.97 Å². The Kier molecular flexibility index (Phi) is 9.38. The molecule has 0 spiro atoms. The molecule has 0 atom stereocenters. The van der Waals surface area contributed by atoms with Crippen LogP contribution in [0.2, 0.25) is 0 Å². The van der Waals surface area contributed by atoms with Crippen LogP contribution in [-0.2, 0) is 4.74 Å². The number of hydrogen-bond donors (Lipinski definition) is 2. The third kappa shape index (κ3) is 7.21. The van der Waals surface area contributed by atoms with E-state index in [1.54, 1.807) is 19.1 Å². The van der Waals surface area contributed by atoms with Gasteiger partial charge in [0.2, 0.25) is 17.8 Å². The van der Waals surface area contributed by atoms with Crippen LogP contribution in [0, 0.1) is 0 Å². The summed E-state index contributed by atoms with van der Waals surface area (Å²) in [5.41, 5.74) is 1.02. The second kappa shape index (κ2) is 12.9. The van der Waals surface area contributed by atoms with Crippen LogP contribution in [0.15, 0.2) is 18.2 Å². The predicted molar refractivity (Wildman–Crippen MR) is 146 cm³/mol. The molecule has 0 unspecified atom stereocenters. The monoisotopic (exact) mass is 511 g/mol. The van der Waals surface area contributed by atoms with Gasteiger partial charge in [0.1, 0.15) is 11.3 Å². The zero-order chi connectivity index (χ0) is 26.2. The van der Waals surface area contributed by atoms with E-state index in [1.165, 1.54) is 32.8 Å². The first-order valence-corrected chi connectivity index (χ1v) is 13.5. The zero-order valence-corrected chi connectivity index (χ0v) is 22.6. The van der Waals surface area contributed by atoms with Gasteiger partial charge in [-0.15, -0.1) is 0 Å². The number of rotatable bonds is 9. The Morgan fingerprint density at radius 3 is 2.43 bits per heavy atom. The molecular formula is C27H41N7O3. The molecule has 0 amide bonds. The van der Waals surface area contributed by atoms with Crippen LogP contribution in [0.4, 0.5) is 23.5 Å². The van der Waals surface area contributed by atoms with Gasteiger partial charge in [-0.2, -0.15) is 15.0 Å². The first-order valence-electron chi connectivity index (χ1n) is 13.5. The molecule has 1 aromatic heterocycles. The van der Waals surface area contributed by atoms with E-state index in [-0.39, 0.29) is 6.61 Å². The fraction of sp³-hybridized carbons (Fsp3) is 0.630. The highest BCUT2D eigenvalue weighted by atomic mass is 16.5. The number of carbonyl (C=O) groups is 1. The van der Waals surface area contributed by atoms with Gasteiger partial charge in [-0.05, 0) is 70.9 Å². The highest BCUT2D eigenvalue weighted by Gasteiger charge is 2.24. The Labute approximate surface area is 220 Å². The molecule has 37 heavy (non-hydrogen) atoms. The molecule has 10 heteroatoms. The van der Waals surface area contributed by atoms with Crippen LogP contribution in [0.3, 0.4) is 0 Å². The van der Waals surface area contributed by atoms with Gasteiger partial charge < -0.3 is 29.9 Å². The highest BCUT2D eigenvalue weighted by molar-refractivity contribution is 5.94. The van der Waals surface area contributed by atoms with Gasteiger partial charge in [0.25, 0.3) is 0 Å². The minimum absolute atomic E-state index is 0.288. The van der Waals surface area contributed by atoms with Crippen molar-refractivity contribution >= 4 is 29.5 Å². The number of aromatic nitrogens is 3. The Morgan fingerprint density at radius 2 is 1.76 bits per heavy atom. The van der Waals surface area contributed by atoms with Gasteiger partial charge in [0.15, 0.2) is 0 Å². The summed E-state index contributed by atoms with van der Waals surface area (Å²) in [7, 11) is 5.76. The quantitative estimate of drug-likeness (QED) is 0.370. The fourth-order valence-electron chi connectivity index (χ4n) is 5.08. The summed E-state index contributed by atoms with van der Waals surface area (Å²) in [6.07, 6.45) is 9.38. The number of carbonyl (C=O) groups excluding carboxylic acids is 1. The van der Waals surface area contributed by atoms with E-state index >= 15 is 0 Å². The standard InChI is InChI=1S/C27H41N7O3/c1-5-37-24(35)22-18-20(12-13-23(22)36-4)29-26-30-25(28-19-10-8-6-7-9-11-19)31-27(32-26)34(3)21-14-16-33(2)17-15-21/h12-13,18-19,21H,5-11,14-17H2,1-4H3,(H2,28,29,30,31,32). The average Bonchev–Trinajstić information content (AvgIpc) is 3.17. The lowest BCUT2D eigenvalue weighted by atomic mass is 10.0. The summed E-state index contributed by atoms with van der Waals surface area (Å²) >= 11 is 0. The van der Waals surface area contributed by atoms with E-state index in [0.717, 1.165) is 38.8 Å². The van der Waals surface area contributed by atoms with Crippen molar-refractivity contribution in [3.63, 3.8) is 0 Å². The van der Waals surface area contributed by atoms with Crippen molar-refractivity contribution in [2.45, 2.75) is 70.4 Å². The molecule has 202 valence electrons. The lowest BCUT2D eigenvalue weighted by Gasteiger charge is -2.35. The molecule has 2 fully saturated rings. The van der Waals surface area contributed by atoms with E-state index in [0.29, 0.717) is 46.9 Å². The molecule has 2 heterocycles. The van der Waals surface area contributed by atoms with E-state index < -0.39 is 5.97 Å². The summed E-state index contributed by atoms with van der Waals surface area (Å²) < 4.78 is 10.6. The molecule has 0 bridgehead atoms. The molecule has 2 aliphatic rings. The lowest BCUT2D eigenvalue weighted by Crippen LogP contribution is -2.42. The number of benzene rings is 1. The van der Waals surface area contributed by atoms with Gasteiger partial charge in [0, 0.05) is 24.8 Å². The van der Waals surface area contributed by atoms with E-state index in [1.807, 2.05) is 6.07 Å². The number of likely N-dealkylation sites (tertiary alicyclic amines) is 1. The van der Waals surface area contributed by atoms with Crippen LogP contribution >= 0.6 is 0 Å². The second-order valence-electron chi connectivity index (χ2n) is 10.0. The molecule has 1 saturated heterocycles. The summed E-state index contributed by atoms with van der Waals surface area (Å²) in [5.74, 6) is 1.68. The molecule has 4 rings (SSSR count). The van der Waals surface area contributed by atoms with E-state index in [2.05, 4.69) is 34.5 Å². The van der Waals surface area contributed by atoms with Crippen molar-refractivity contribution in [3.05, 3.63) is 23.8 Å². The van der Waals surface area contributed by atoms with Crippen molar-refractivity contribution < 1.29 is 14.3 Å². The predicted octanol–water partition coefficient (Wildman–Crippen LogP) is 4.47. The minimum atomic E-state index is -0.433. The van der Waals surface area contributed by atoms with Crippen molar-refractivity contribution in [3.8, 4) is 5.75 Å². The molecular weight excluding hydrogens is 470 g/mol. The number of nitrogens with one attached hydrogen (secondary N) is 2. The molecule has 2 aromatic rings. The minimum Gasteiger partial charge on any atom is -0.496 e. The third-order valence-corrected chi connectivity index (χ3v) is 7.31. The summed E-state index contributed by atoms with van der Waals surface area (Å²) in [5, 5.41) is 6.87. The van der Waals surface area contributed by atoms with Gasteiger partial charge in [-0.25, -0.2) is 4.79 Å². The maximum atomic E-state index is 12.5. The Morgan fingerprint density at radius 1 is 1.05 bits per heavy atom. The number of piperidine rings is 1. The summed E-state index contributed by atoms with van der Waals surface area (Å²) in [6.45, 7) is 4.18. The number of ether oxygens (including phenoxy) is 2. The highest BCUT2D eigenvalue weighted by Crippen LogP contribution is 2.27. The molecule has 2 N–H and O–H groups in total. The average molecular weight is 512 g/mol. The lowest BCUT2D eigenvalue weighted by molar-refractivity contribution is 0.0522. The first-order chi connectivity index (χ1) is 18.0. The van der Waals surface area contributed by atoms with Crippen molar-refractivity contribution in [1.82, 2.24) is 19.9 Å². The van der Waals surface area contributed by atoms with E-state index in [4.69, 9.17) is 24.4 Å². The van der Waals surface area contributed by atoms with Crippen molar-refractivity contribution in [1.29, 1.82) is 0 Å². The maximum absolute atomic E-state index is 12.5. The first kappa shape index (κ1) is 26.9. The molecule has 1 aromatic carbocycles. The largest absolute Gasteiger partial charge is 0.496 e. The molecule has 10 nitrogen and oxygen atoms in total. The Balaban J connectivity index is 1.61. The van der Waals surface area contributed by atoms with Crippen molar-refractivity contribution in [2.75, 3.05) is 56.4 Å².